The fourth-order valence-electron chi connectivity index (χ4n) is 3.26. The zero-order chi connectivity index (χ0) is 22.1. The van der Waals surface area contributed by atoms with Crippen LogP contribution in [0.2, 0.25) is 0 Å². The molecular weight excluding hydrogens is 379 g/mol. The fraction of sp³-hybridized carbons (Fsp3) is 0.458. The summed E-state index contributed by atoms with van der Waals surface area (Å²) in [7, 11) is -0.390. The van der Waals surface area contributed by atoms with Crippen LogP contribution >= 0.6 is 0 Å². The van der Waals surface area contributed by atoms with E-state index in [2.05, 4.69) is 13.8 Å². The highest BCUT2D eigenvalue weighted by atomic mass is 16.7. The van der Waals surface area contributed by atoms with E-state index in [9.17, 15) is 4.79 Å². The third-order valence-corrected chi connectivity index (χ3v) is 5.76. The molecule has 2 aromatic rings. The van der Waals surface area contributed by atoms with Crippen LogP contribution in [-0.4, -0.2) is 24.3 Å². The average Bonchev–Trinajstić information content (AvgIpc) is 2.87. The van der Waals surface area contributed by atoms with Crippen molar-refractivity contribution in [2.45, 2.75) is 72.2 Å². The van der Waals surface area contributed by atoms with Gasteiger partial charge in [0.25, 0.3) is 0 Å². The highest BCUT2D eigenvalue weighted by Crippen LogP contribution is 2.36. The lowest BCUT2D eigenvalue weighted by Gasteiger charge is -2.32. The maximum Gasteiger partial charge on any atom is 0.494 e. The van der Waals surface area contributed by atoms with Crippen molar-refractivity contribution in [3.63, 3.8) is 0 Å². The van der Waals surface area contributed by atoms with E-state index in [1.54, 1.807) is 0 Å². The topological polar surface area (TPSA) is 54.0 Å². The van der Waals surface area contributed by atoms with Crippen molar-refractivity contribution >= 4 is 18.6 Å². The zero-order valence-corrected chi connectivity index (χ0v) is 18.9. The number of ether oxygens (including phenoxy) is 2. The van der Waals surface area contributed by atoms with Crippen LogP contribution in [0.4, 0.5) is 0 Å². The van der Waals surface area contributed by atoms with Crippen LogP contribution in [0.25, 0.3) is 0 Å². The summed E-state index contributed by atoms with van der Waals surface area (Å²) in [6.45, 7) is 14.1. The minimum absolute atomic E-state index is 0.261. The summed E-state index contributed by atoms with van der Waals surface area (Å²) in [6, 6.07) is 13.6. The SMILES string of the molecule is CC(=O)Oc1cc(COc2ccc(B3OC(C)(C)C(C)(C)O3)cc2)ccc1C(C)C. The minimum atomic E-state index is -0.390. The first-order valence-electron chi connectivity index (χ1n) is 10.4. The molecule has 0 atom stereocenters. The third kappa shape index (κ3) is 4.88. The predicted octanol–water partition coefficient (Wildman–Crippen LogP) is 4.61. The minimum Gasteiger partial charge on any atom is -0.489 e. The maximum absolute atomic E-state index is 11.4. The third-order valence-electron chi connectivity index (χ3n) is 5.76. The van der Waals surface area contributed by atoms with Crippen LogP contribution in [0.5, 0.6) is 11.5 Å². The molecule has 0 aromatic heterocycles. The Hall–Kier alpha value is -2.31. The lowest BCUT2D eigenvalue weighted by atomic mass is 9.79. The molecule has 0 N–H and O–H groups in total. The molecule has 1 aliphatic rings. The Morgan fingerprint density at radius 3 is 2.13 bits per heavy atom. The van der Waals surface area contributed by atoms with Crippen molar-refractivity contribution in [3.05, 3.63) is 53.6 Å². The molecule has 5 nitrogen and oxygen atoms in total. The largest absolute Gasteiger partial charge is 0.494 e. The molecule has 0 aliphatic carbocycles. The van der Waals surface area contributed by atoms with E-state index in [0.29, 0.717) is 12.4 Å². The van der Waals surface area contributed by atoms with Gasteiger partial charge in [-0.05, 0) is 68.4 Å². The summed E-state index contributed by atoms with van der Waals surface area (Å²) in [4.78, 5) is 11.4. The van der Waals surface area contributed by atoms with E-state index in [1.807, 2.05) is 70.2 Å². The Labute approximate surface area is 179 Å². The van der Waals surface area contributed by atoms with Gasteiger partial charge < -0.3 is 18.8 Å². The van der Waals surface area contributed by atoms with Gasteiger partial charge in [-0.1, -0.05) is 38.1 Å². The molecular formula is C24H31BO5. The Morgan fingerprint density at radius 1 is 1.00 bits per heavy atom. The van der Waals surface area contributed by atoms with Crippen molar-refractivity contribution < 1.29 is 23.6 Å². The number of benzene rings is 2. The van der Waals surface area contributed by atoms with Gasteiger partial charge in [0.1, 0.15) is 18.1 Å². The van der Waals surface area contributed by atoms with Crippen molar-refractivity contribution in [1.29, 1.82) is 0 Å². The molecule has 3 rings (SSSR count). The Morgan fingerprint density at radius 2 is 1.60 bits per heavy atom. The van der Waals surface area contributed by atoms with E-state index in [-0.39, 0.29) is 30.2 Å². The maximum atomic E-state index is 11.4. The van der Waals surface area contributed by atoms with Gasteiger partial charge in [-0.3, -0.25) is 4.79 Å². The van der Waals surface area contributed by atoms with Gasteiger partial charge in [0.05, 0.1) is 11.2 Å². The van der Waals surface area contributed by atoms with E-state index < -0.39 is 0 Å². The number of esters is 1. The van der Waals surface area contributed by atoms with Gasteiger partial charge in [-0.25, -0.2) is 0 Å². The molecule has 0 spiro atoms. The molecule has 0 unspecified atom stereocenters. The first-order chi connectivity index (χ1) is 14.0. The number of hydrogen-bond acceptors (Lipinski definition) is 5. The van der Waals surface area contributed by atoms with E-state index >= 15 is 0 Å². The molecule has 160 valence electrons. The van der Waals surface area contributed by atoms with E-state index in [4.69, 9.17) is 18.8 Å². The normalized spacial score (nSPS) is 17.3. The second-order valence-electron chi connectivity index (χ2n) is 9.07. The van der Waals surface area contributed by atoms with Gasteiger partial charge in [-0.15, -0.1) is 0 Å². The highest BCUT2D eigenvalue weighted by molar-refractivity contribution is 6.62. The van der Waals surface area contributed by atoms with Crippen LogP contribution < -0.4 is 14.9 Å². The molecule has 0 radical (unpaired) electrons. The molecule has 1 heterocycles. The first-order valence-corrected chi connectivity index (χ1v) is 10.4. The Kier molecular flexibility index (Phi) is 6.30. The molecule has 1 aliphatic heterocycles. The fourth-order valence-corrected chi connectivity index (χ4v) is 3.26. The Bertz CT molecular complexity index is 886. The van der Waals surface area contributed by atoms with Crippen molar-refractivity contribution in [1.82, 2.24) is 0 Å². The lowest BCUT2D eigenvalue weighted by Crippen LogP contribution is -2.41. The standard InChI is InChI=1S/C24H31BO5/c1-16(2)21-13-8-18(14-22(21)28-17(3)26)15-27-20-11-9-19(10-12-20)25-29-23(4,5)24(6,7)30-25/h8-14,16H,15H2,1-7H3. The first kappa shape index (κ1) is 22.4. The second kappa shape index (κ2) is 8.44. The van der Waals surface area contributed by atoms with E-state index in [1.165, 1.54) is 6.92 Å². The summed E-state index contributed by atoms with van der Waals surface area (Å²) in [5.74, 6) is 1.28. The Balaban J connectivity index is 1.66. The van der Waals surface area contributed by atoms with Crippen molar-refractivity contribution in [2.24, 2.45) is 0 Å². The van der Waals surface area contributed by atoms with Crippen LogP contribution in [0, 0.1) is 0 Å². The summed E-state index contributed by atoms with van der Waals surface area (Å²) in [6.07, 6.45) is 0. The van der Waals surface area contributed by atoms with Gasteiger partial charge in [0.15, 0.2) is 0 Å². The molecule has 1 fully saturated rings. The van der Waals surface area contributed by atoms with Crippen LogP contribution in [-0.2, 0) is 20.7 Å². The molecule has 2 aromatic carbocycles. The monoisotopic (exact) mass is 410 g/mol. The molecule has 0 amide bonds. The van der Waals surface area contributed by atoms with Crippen LogP contribution in [0.1, 0.15) is 65.5 Å². The summed E-state index contributed by atoms with van der Waals surface area (Å²) in [5, 5.41) is 0. The number of hydrogen-bond donors (Lipinski definition) is 0. The smallest absolute Gasteiger partial charge is 0.489 e. The van der Waals surface area contributed by atoms with Gasteiger partial charge >= 0.3 is 13.1 Å². The average molecular weight is 410 g/mol. The molecule has 0 saturated carbocycles. The quantitative estimate of drug-likeness (QED) is 0.395. The van der Waals surface area contributed by atoms with Crippen molar-refractivity contribution in [3.8, 4) is 11.5 Å². The number of rotatable bonds is 6. The van der Waals surface area contributed by atoms with E-state index in [0.717, 1.165) is 22.3 Å². The number of carbonyl (C=O) groups is 1. The summed E-state index contributed by atoms with van der Waals surface area (Å²) >= 11 is 0. The summed E-state index contributed by atoms with van der Waals surface area (Å²) < 4.78 is 23.5. The molecule has 30 heavy (non-hydrogen) atoms. The molecule has 0 bridgehead atoms. The highest BCUT2D eigenvalue weighted by Gasteiger charge is 2.51. The van der Waals surface area contributed by atoms with Crippen LogP contribution in [0.15, 0.2) is 42.5 Å². The van der Waals surface area contributed by atoms with Crippen molar-refractivity contribution in [2.75, 3.05) is 0 Å². The molecule has 6 heteroatoms. The second-order valence-corrected chi connectivity index (χ2v) is 9.07. The molecule has 1 saturated heterocycles. The van der Waals surface area contributed by atoms with Crippen LogP contribution in [0.3, 0.4) is 0 Å². The predicted molar refractivity (Wildman–Crippen MR) is 118 cm³/mol. The summed E-state index contributed by atoms with van der Waals surface area (Å²) in [5.41, 5.74) is 2.16. The number of carbonyl (C=O) groups excluding carboxylic acids is 1. The van der Waals surface area contributed by atoms with Gasteiger partial charge in [-0.2, -0.15) is 0 Å². The lowest BCUT2D eigenvalue weighted by molar-refractivity contribution is -0.131. The zero-order valence-electron chi connectivity index (χ0n) is 18.9. The van der Waals surface area contributed by atoms with Gasteiger partial charge in [0, 0.05) is 6.92 Å². The van der Waals surface area contributed by atoms with Gasteiger partial charge in [0.2, 0.25) is 0 Å².